The summed E-state index contributed by atoms with van der Waals surface area (Å²) in [6, 6.07) is 11.2. The molecule has 0 spiro atoms. The molecule has 0 aliphatic carbocycles. The number of hydrogen-bond acceptors (Lipinski definition) is 1. The second kappa shape index (κ2) is 5.62. The lowest BCUT2D eigenvalue weighted by Crippen LogP contribution is -2.34. The van der Waals surface area contributed by atoms with Gasteiger partial charge in [0, 0.05) is 17.0 Å². The van der Waals surface area contributed by atoms with Crippen LogP contribution >= 0.6 is 15.9 Å². The number of halogens is 3. The first-order chi connectivity index (χ1) is 9.34. The zero-order valence-electron chi connectivity index (χ0n) is 11.3. The van der Waals surface area contributed by atoms with E-state index in [2.05, 4.69) is 15.9 Å². The van der Waals surface area contributed by atoms with Crippen LogP contribution in [-0.4, -0.2) is 0 Å². The van der Waals surface area contributed by atoms with Crippen LogP contribution < -0.4 is 5.73 Å². The van der Waals surface area contributed by atoms with Gasteiger partial charge in [-0.3, -0.25) is 0 Å². The van der Waals surface area contributed by atoms with Gasteiger partial charge in [-0.25, -0.2) is 8.78 Å². The van der Waals surface area contributed by atoms with Crippen molar-refractivity contribution >= 4 is 15.9 Å². The van der Waals surface area contributed by atoms with Crippen molar-refractivity contribution in [2.24, 2.45) is 5.73 Å². The van der Waals surface area contributed by atoms with Crippen LogP contribution in [0.5, 0.6) is 0 Å². The molecule has 0 amide bonds. The van der Waals surface area contributed by atoms with Crippen LogP contribution in [0.25, 0.3) is 0 Å². The second-order valence-electron chi connectivity index (χ2n) is 5.35. The van der Waals surface area contributed by atoms with Crippen LogP contribution in [0.1, 0.15) is 31.0 Å². The quantitative estimate of drug-likeness (QED) is 0.805. The highest BCUT2D eigenvalue weighted by atomic mass is 79.9. The molecule has 0 saturated carbocycles. The highest BCUT2D eigenvalue weighted by molar-refractivity contribution is 9.10. The standard InChI is InChI=1S/C16H16BrF2N/c1-16(2,10-6-4-3-5-7-10)15(20)11-8-14(19)12(17)9-13(11)18/h3-9,15H,20H2,1-2H3. The summed E-state index contributed by atoms with van der Waals surface area (Å²) in [4.78, 5) is 0. The first-order valence-corrected chi connectivity index (χ1v) is 7.09. The van der Waals surface area contributed by atoms with Crippen molar-refractivity contribution in [1.29, 1.82) is 0 Å². The maximum absolute atomic E-state index is 14.1. The first kappa shape index (κ1) is 15.1. The van der Waals surface area contributed by atoms with Crippen molar-refractivity contribution < 1.29 is 8.78 Å². The molecule has 2 aromatic rings. The fourth-order valence-corrected chi connectivity index (χ4v) is 2.53. The summed E-state index contributed by atoms with van der Waals surface area (Å²) in [6.07, 6.45) is 0. The smallest absolute Gasteiger partial charge is 0.137 e. The van der Waals surface area contributed by atoms with Gasteiger partial charge >= 0.3 is 0 Å². The molecule has 0 aliphatic heterocycles. The maximum Gasteiger partial charge on any atom is 0.137 e. The third-order valence-electron chi connectivity index (χ3n) is 3.67. The molecular formula is C16H16BrF2N. The van der Waals surface area contributed by atoms with Crippen LogP contribution in [0.15, 0.2) is 46.9 Å². The van der Waals surface area contributed by atoms with E-state index in [0.29, 0.717) is 0 Å². The Hall–Kier alpha value is -1.26. The SMILES string of the molecule is CC(C)(c1ccccc1)C(N)c1cc(F)c(Br)cc1F. The maximum atomic E-state index is 14.1. The van der Waals surface area contributed by atoms with Crippen LogP contribution in [0, 0.1) is 11.6 Å². The van der Waals surface area contributed by atoms with E-state index in [1.54, 1.807) is 0 Å². The molecule has 0 fully saturated rings. The summed E-state index contributed by atoms with van der Waals surface area (Å²) in [5.74, 6) is -1.02. The molecule has 2 N–H and O–H groups in total. The van der Waals surface area contributed by atoms with Crippen LogP contribution in [-0.2, 0) is 5.41 Å². The van der Waals surface area contributed by atoms with Crippen molar-refractivity contribution in [2.45, 2.75) is 25.3 Å². The average Bonchev–Trinajstić information content (AvgIpc) is 2.43. The Morgan fingerprint density at radius 2 is 1.65 bits per heavy atom. The number of hydrogen-bond donors (Lipinski definition) is 1. The van der Waals surface area contributed by atoms with Gasteiger partial charge in [0.2, 0.25) is 0 Å². The number of nitrogens with two attached hydrogens (primary N) is 1. The number of benzene rings is 2. The van der Waals surface area contributed by atoms with Crippen molar-refractivity contribution in [3.63, 3.8) is 0 Å². The molecule has 0 aromatic heterocycles. The van der Waals surface area contributed by atoms with E-state index in [9.17, 15) is 8.78 Å². The lowest BCUT2D eigenvalue weighted by molar-refractivity contribution is 0.404. The van der Waals surface area contributed by atoms with Crippen LogP contribution in [0.4, 0.5) is 8.78 Å². The van der Waals surface area contributed by atoms with Gasteiger partial charge in [0.15, 0.2) is 0 Å². The average molecular weight is 340 g/mol. The van der Waals surface area contributed by atoms with E-state index < -0.39 is 23.1 Å². The molecule has 1 nitrogen and oxygen atoms in total. The molecule has 2 rings (SSSR count). The molecule has 2 aromatic carbocycles. The van der Waals surface area contributed by atoms with Gasteiger partial charge in [0.25, 0.3) is 0 Å². The molecule has 0 aliphatic rings. The van der Waals surface area contributed by atoms with Crippen LogP contribution in [0.2, 0.25) is 0 Å². The largest absolute Gasteiger partial charge is 0.323 e. The van der Waals surface area contributed by atoms with Gasteiger partial charge in [-0.15, -0.1) is 0 Å². The zero-order chi connectivity index (χ0) is 14.9. The van der Waals surface area contributed by atoms with E-state index >= 15 is 0 Å². The summed E-state index contributed by atoms with van der Waals surface area (Å²) in [7, 11) is 0. The summed E-state index contributed by atoms with van der Waals surface area (Å²) in [5, 5.41) is 0. The molecule has 0 heterocycles. The minimum atomic E-state index is -0.646. The highest BCUT2D eigenvalue weighted by Gasteiger charge is 2.31. The Morgan fingerprint density at radius 3 is 2.25 bits per heavy atom. The Bertz CT molecular complexity index is 611. The highest BCUT2D eigenvalue weighted by Crippen LogP contribution is 2.37. The Morgan fingerprint density at radius 1 is 1.05 bits per heavy atom. The monoisotopic (exact) mass is 339 g/mol. The molecule has 0 saturated heterocycles. The third kappa shape index (κ3) is 2.76. The van der Waals surface area contributed by atoms with Crippen molar-refractivity contribution in [2.75, 3.05) is 0 Å². The lowest BCUT2D eigenvalue weighted by Gasteiger charge is -2.32. The summed E-state index contributed by atoms with van der Waals surface area (Å²) < 4.78 is 27.8. The minimum Gasteiger partial charge on any atom is -0.323 e. The summed E-state index contributed by atoms with van der Waals surface area (Å²) in [5.41, 5.74) is 6.85. The van der Waals surface area contributed by atoms with E-state index in [1.165, 1.54) is 0 Å². The predicted molar refractivity (Wildman–Crippen MR) is 80.5 cm³/mol. The molecule has 0 bridgehead atoms. The van der Waals surface area contributed by atoms with Gasteiger partial charge in [-0.2, -0.15) is 0 Å². The van der Waals surface area contributed by atoms with Crippen molar-refractivity contribution in [3.8, 4) is 0 Å². The molecule has 20 heavy (non-hydrogen) atoms. The lowest BCUT2D eigenvalue weighted by atomic mass is 9.75. The molecule has 1 unspecified atom stereocenters. The predicted octanol–water partition coefficient (Wildman–Crippen LogP) is 4.70. The molecule has 0 radical (unpaired) electrons. The third-order valence-corrected chi connectivity index (χ3v) is 4.28. The molecule has 4 heteroatoms. The fraction of sp³-hybridized carbons (Fsp3) is 0.250. The molecular weight excluding hydrogens is 324 g/mol. The zero-order valence-corrected chi connectivity index (χ0v) is 12.9. The van der Waals surface area contributed by atoms with E-state index in [-0.39, 0.29) is 10.0 Å². The van der Waals surface area contributed by atoms with E-state index in [0.717, 1.165) is 17.7 Å². The van der Waals surface area contributed by atoms with Crippen molar-refractivity contribution in [1.82, 2.24) is 0 Å². The topological polar surface area (TPSA) is 26.0 Å². The second-order valence-corrected chi connectivity index (χ2v) is 6.21. The Kier molecular flexibility index (Phi) is 4.25. The van der Waals surface area contributed by atoms with Gasteiger partial charge in [0.1, 0.15) is 11.6 Å². The Balaban J connectivity index is 2.45. The van der Waals surface area contributed by atoms with Gasteiger partial charge in [0.05, 0.1) is 4.47 Å². The molecule has 106 valence electrons. The van der Waals surface area contributed by atoms with Crippen molar-refractivity contribution in [3.05, 3.63) is 69.7 Å². The number of rotatable bonds is 3. The fourth-order valence-electron chi connectivity index (χ4n) is 2.21. The minimum absolute atomic E-state index is 0.100. The van der Waals surface area contributed by atoms with Gasteiger partial charge in [-0.1, -0.05) is 44.2 Å². The van der Waals surface area contributed by atoms with Gasteiger partial charge < -0.3 is 5.73 Å². The van der Waals surface area contributed by atoms with Crippen LogP contribution in [0.3, 0.4) is 0 Å². The summed E-state index contributed by atoms with van der Waals surface area (Å²) >= 11 is 2.97. The summed E-state index contributed by atoms with van der Waals surface area (Å²) in [6.45, 7) is 3.85. The molecule has 1 atom stereocenters. The first-order valence-electron chi connectivity index (χ1n) is 6.29. The normalized spacial score (nSPS) is 13.3. The van der Waals surface area contributed by atoms with E-state index in [1.807, 2.05) is 44.2 Å². The van der Waals surface area contributed by atoms with E-state index in [4.69, 9.17) is 5.73 Å². The van der Waals surface area contributed by atoms with Gasteiger partial charge in [-0.05, 0) is 33.6 Å². The Labute approximate surface area is 125 Å².